The van der Waals surface area contributed by atoms with Gasteiger partial charge in [-0.3, -0.25) is 5.32 Å². The number of carbonyl (C=O) groups excluding carboxylic acids is 2. The summed E-state index contributed by atoms with van der Waals surface area (Å²) >= 11 is 4.31. The van der Waals surface area contributed by atoms with Crippen LogP contribution in [0.1, 0.15) is 33.0 Å². The van der Waals surface area contributed by atoms with Gasteiger partial charge in [0.25, 0.3) is 0 Å². The third-order valence-electron chi connectivity index (χ3n) is 5.38. The van der Waals surface area contributed by atoms with E-state index in [1.54, 1.807) is 19.1 Å². The molecule has 1 N–H and O–H groups in total. The lowest BCUT2D eigenvalue weighted by Crippen LogP contribution is -2.19. The Bertz CT molecular complexity index is 1100. The van der Waals surface area contributed by atoms with Gasteiger partial charge >= 0.3 is 12.1 Å². The molecule has 30 heavy (non-hydrogen) atoms. The van der Waals surface area contributed by atoms with Crippen LogP contribution in [0.3, 0.4) is 0 Å². The lowest BCUT2D eigenvalue weighted by molar-refractivity contribution is 0.0599. The van der Waals surface area contributed by atoms with Crippen molar-refractivity contribution in [3.63, 3.8) is 0 Å². The highest BCUT2D eigenvalue weighted by molar-refractivity contribution is 7.80. The molecule has 0 saturated carbocycles. The zero-order valence-corrected chi connectivity index (χ0v) is 17.5. The van der Waals surface area contributed by atoms with Gasteiger partial charge < -0.3 is 9.47 Å². The number of fused-ring (bicyclic) bond motifs is 3. The second kappa shape index (κ2) is 8.24. The normalized spacial score (nSPS) is 12.1. The molecule has 1 aliphatic carbocycles. The molecule has 152 valence electrons. The molecule has 1 aliphatic rings. The Morgan fingerprint density at radius 2 is 1.60 bits per heavy atom. The Kier molecular flexibility index (Phi) is 5.50. The van der Waals surface area contributed by atoms with Crippen molar-refractivity contribution >= 4 is 30.4 Å². The van der Waals surface area contributed by atoms with Crippen molar-refractivity contribution in [2.75, 3.05) is 19.0 Å². The summed E-state index contributed by atoms with van der Waals surface area (Å²) in [7, 11) is 1.31. The molecule has 3 aromatic rings. The average Bonchev–Trinajstić information content (AvgIpc) is 3.08. The van der Waals surface area contributed by atoms with Gasteiger partial charge in [-0.25, -0.2) is 9.59 Å². The van der Waals surface area contributed by atoms with Crippen LogP contribution in [0.25, 0.3) is 11.1 Å². The second-order valence-corrected chi connectivity index (χ2v) is 7.62. The van der Waals surface area contributed by atoms with Crippen LogP contribution < -0.4 is 5.32 Å². The van der Waals surface area contributed by atoms with Crippen LogP contribution in [0.5, 0.6) is 0 Å². The lowest BCUT2D eigenvalue weighted by atomic mass is 9.98. The van der Waals surface area contributed by atoms with E-state index in [1.807, 2.05) is 24.3 Å². The monoisotopic (exact) mass is 419 g/mol. The zero-order chi connectivity index (χ0) is 21.3. The number of hydrogen-bond acceptors (Lipinski definition) is 5. The Hall–Kier alpha value is -3.25. The van der Waals surface area contributed by atoms with Crippen molar-refractivity contribution in [1.82, 2.24) is 0 Å². The molecule has 0 fully saturated rings. The van der Waals surface area contributed by atoms with Gasteiger partial charge in [0.2, 0.25) is 0 Å². The molecule has 4 rings (SSSR count). The summed E-state index contributed by atoms with van der Waals surface area (Å²) in [5.74, 6) is -0.509. The van der Waals surface area contributed by atoms with Crippen molar-refractivity contribution in [3.05, 3.63) is 82.9 Å². The molecule has 0 radical (unpaired) electrons. The molecule has 0 atom stereocenters. The maximum Gasteiger partial charge on any atom is 0.411 e. The van der Waals surface area contributed by atoms with Gasteiger partial charge in [0, 0.05) is 16.5 Å². The van der Waals surface area contributed by atoms with E-state index in [0.717, 1.165) is 11.1 Å². The molecule has 1 amide bonds. The summed E-state index contributed by atoms with van der Waals surface area (Å²) in [5, 5.41) is 2.72. The highest BCUT2D eigenvalue weighted by atomic mass is 32.1. The van der Waals surface area contributed by atoms with Crippen molar-refractivity contribution in [1.29, 1.82) is 0 Å². The first-order valence-corrected chi connectivity index (χ1v) is 9.98. The van der Waals surface area contributed by atoms with Crippen LogP contribution in [0.4, 0.5) is 10.5 Å². The standard InChI is InChI=1S/C24H21NO4S/c1-14-20(23(26)28-2)11-15(30)12-22(14)25-24(27)29-13-21-18-9-5-3-7-16(18)17-8-4-6-10-19(17)21/h3-12,21,30H,13H2,1-2H3,(H,25,27). The highest BCUT2D eigenvalue weighted by Crippen LogP contribution is 2.44. The first kappa shape index (κ1) is 20.0. The first-order chi connectivity index (χ1) is 14.5. The molecular formula is C24H21NO4S. The minimum atomic E-state index is -0.588. The predicted octanol–water partition coefficient (Wildman–Crippen LogP) is 5.43. The molecule has 3 aromatic carbocycles. The Balaban J connectivity index is 1.52. The first-order valence-electron chi connectivity index (χ1n) is 9.53. The van der Waals surface area contributed by atoms with Gasteiger partial charge in [-0.05, 0) is 46.9 Å². The summed E-state index contributed by atoms with van der Waals surface area (Å²) in [5.41, 5.74) is 6.03. The molecule has 0 saturated heterocycles. The van der Waals surface area contributed by atoms with E-state index in [4.69, 9.17) is 9.47 Å². The number of methoxy groups -OCH3 is 1. The molecule has 6 heteroatoms. The maximum atomic E-state index is 12.5. The van der Waals surface area contributed by atoms with Gasteiger partial charge in [0.05, 0.1) is 12.7 Å². The summed E-state index contributed by atoms with van der Waals surface area (Å²) in [6, 6.07) is 19.6. The molecule has 0 spiro atoms. The third-order valence-corrected chi connectivity index (χ3v) is 5.64. The van der Waals surface area contributed by atoms with Crippen molar-refractivity contribution < 1.29 is 19.1 Å². The topological polar surface area (TPSA) is 64.6 Å². The van der Waals surface area contributed by atoms with Gasteiger partial charge in [0.1, 0.15) is 6.61 Å². The molecular weight excluding hydrogens is 398 g/mol. The van der Waals surface area contributed by atoms with Crippen LogP contribution in [0.2, 0.25) is 0 Å². The summed E-state index contributed by atoms with van der Waals surface area (Å²) in [4.78, 5) is 25.0. The number of rotatable bonds is 4. The van der Waals surface area contributed by atoms with Crippen LogP contribution in [-0.2, 0) is 9.47 Å². The van der Waals surface area contributed by atoms with Crippen molar-refractivity contribution in [2.45, 2.75) is 17.7 Å². The van der Waals surface area contributed by atoms with Crippen LogP contribution in [0.15, 0.2) is 65.6 Å². The number of ether oxygens (including phenoxy) is 2. The molecule has 5 nitrogen and oxygen atoms in total. The van der Waals surface area contributed by atoms with Crippen LogP contribution in [0, 0.1) is 6.92 Å². The van der Waals surface area contributed by atoms with Crippen LogP contribution >= 0.6 is 12.6 Å². The summed E-state index contributed by atoms with van der Waals surface area (Å²) < 4.78 is 10.4. The lowest BCUT2D eigenvalue weighted by Gasteiger charge is -2.16. The SMILES string of the molecule is COC(=O)c1cc(S)cc(NC(=O)OCC2c3ccccc3-c3ccccc32)c1C. The fourth-order valence-corrected chi connectivity index (χ4v) is 4.15. The summed E-state index contributed by atoms with van der Waals surface area (Å²) in [6.07, 6.45) is -0.588. The van der Waals surface area contributed by atoms with Crippen molar-refractivity contribution in [3.8, 4) is 11.1 Å². The van der Waals surface area contributed by atoms with E-state index in [9.17, 15) is 9.59 Å². The van der Waals surface area contributed by atoms with Gasteiger partial charge in [0.15, 0.2) is 0 Å². The van der Waals surface area contributed by atoms with E-state index in [0.29, 0.717) is 21.7 Å². The average molecular weight is 420 g/mol. The van der Waals surface area contributed by atoms with E-state index in [2.05, 4.69) is 42.2 Å². The largest absolute Gasteiger partial charge is 0.465 e. The van der Waals surface area contributed by atoms with E-state index in [1.165, 1.54) is 18.2 Å². The minimum Gasteiger partial charge on any atom is -0.465 e. The van der Waals surface area contributed by atoms with E-state index >= 15 is 0 Å². The predicted molar refractivity (Wildman–Crippen MR) is 118 cm³/mol. The number of thiol groups is 1. The third kappa shape index (κ3) is 3.66. The smallest absolute Gasteiger partial charge is 0.411 e. The number of anilines is 1. The quantitative estimate of drug-likeness (QED) is 0.437. The molecule has 0 heterocycles. The van der Waals surface area contributed by atoms with E-state index < -0.39 is 12.1 Å². The molecule has 0 aliphatic heterocycles. The number of benzene rings is 3. The zero-order valence-electron chi connectivity index (χ0n) is 16.6. The maximum absolute atomic E-state index is 12.5. The van der Waals surface area contributed by atoms with Gasteiger partial charge in [-0.1, -0.05) is 48.5 Å². The molecule has 0 aromatic heterocycles. The number of carbonyl (C=O) groups is 2. The Morgan fingerprint density at radius 3 is 2.20 bits per heavy atom. The number of amides is 1. The van der Waals surface area contributed by atoms with E-state index in [-0.39, 0.29) is 12.5 Å². The molecule has 0 unspecified atom stereocenters. The fourth-order valence-electron chi connectivity index (χ4n) is 3.90. The highest BCUT2D eigenvalue weighted by Gasteiger charge is 2.29. The summed E-state index contributed by atoms with van der Waals surface area (Å²) in [6.45, 7) is 1.95. The Morgan fingerprint density at radius 1 is 1.00 bits per heavy atom. The fraction of sp³-hybridized carbons (Fsp3) is 0.167. The van der Waals surface area contributed by atoms with Gasteiger partial charge in [-0.2, -0.15) is 0 Å². The van der Waals surface area contributed by atoms with Crippen molar-refractivity contribution in [2.24, 2.45) is 0 Å². The molecule has 0 bridgehead atoms. The number of nitrogens with one attached hydrogen (secondary N) is 1. The Labute approximate surface area is 180 Å². The number of hydrogen-bond donors (Lipinski definition) is 2. The van der Waals surface area contributed by atoms with Crippen LogP contribution in [-0.4, -0.2) is 25.8 Å². The minimum absolute atomic E-state index is 0.0221. The van der Waals surface area contributed by atoms with Gasteiger partial charge in [-0.15, -0.1) is 12.6 Å². The second-order valence-electron chi connectivity index (χ2n) is 7.11. The number of esters is 1.